The highest BCUT2D eigenvalue weighted by atomic mass is 16.5. The van der Waals surface area contributed by atoms with Crippen LogP contribution in [0.1, 0.15) is 0 Å². The summed E-state index contributed by atoms with van der Waals surface area (Å²) in [7, 11) is 3.86. The lowest BCUT2D eigenvalue weighted by molar-refractivity contribution is 0.313. The number of benzene rings is 2. The third kappa shape index (κ3) is 2.63. The van der Waals surface area contributed by atoms with Crippen molar-refractivity contribution in [2.24, 2.45) is 0 Å². The molecule has 4 heteroatoms. The van der Waals surface area contributed by atoms with Crippen LogP contribution >= 0.6 is 0 Å². The van der Waals surface area contributed by atoms with Gasteiger partial charge in [-0.1, -0.05) is 30.3 Å². The van der Waals surface area contributed by atoms with Gasteiger partial charge in [-0.25, -0.2) is 0 Å². The first-order valence-corrected chi connectivity index (χ1v) is 8.36. The Balaban J connectivity index is 1.88. The van der Waals surface area contributed by atoms with Crippen molar-refractivity contribution >= 4 is 16.7 Å². The van der Waals surface area contributed by atoms with Crippen LogP contribution in [0, 0.1) is 0 Å². The molecule has 0 unspecified atom stereocenters. The fourth-order valence-corrected chi connectivity index (χ4v) is 3.32. The summed E-state index contributed by atoms with van der Waals surface area (Å²) in [6.07, 6.45) is 0. The van der Waals surface area contributed by atoms with Gasteiger partial charge in [0.15, 0.2) is 5.76 Å². The van der Waals surface area contributed by atoms with E-state index in [1.165, 1.54) is 5.69 Å². The summed E-state index contributed by atoms with van der Waals surface area (Å²) >= 11 is 0. The van der Waals surface area contributed by atoms with E-state index in [4.69, 9.17) is 9.15 Å². The molecule has 0 bridgehead atoms. The number of piperazine rings is 1. The van der Waals surface area contributed by atoms with Crippen molar-refractivity contribution in [1.29, 1.82) is 0 Å². The second-order valence-corrected chi connectivity index (χ2v) is 6.30. The molecule has 2 aromatic carbocycles. The Morgan fingerprint density at radius 1 is 0.958 bits per heavy atom. The van der Waals surface area contributed by atoms with E-state index >= 15 is 0 Å². The standard InChI is InChI=1S/C20H22N2O2/c1-21-10-12-22(13-11-21)19-17-9-8-16(23-2)14-18(17)24-20(19)15-6-4-3-5-7-15/h3-9,14H,10-13H2,1-2H3. The highest BCUT2D eigenvalue weighted by Gasteiger charge is 2.24. The van der Waals surface area contributed by atoms with E-state index in [9.17, 15) is 0 Å². The third-order valence-electron chi connectivity index (χ3n) is 4.73. The summed E-state index contributed by atoms with van der Waals surface area (Å²) in [5, 5.41) is 1.15. The summed E-state index contributed by atoms with van der Waals surface area (Å²) in [6, 6.07) is 16.4. The molecule has 0 N–H and O–H groups in total. The van der Waals surface area contributed by atoms with Crippen LogP contribution in [0.5, 0.6) is 5.75 Å². The second kappa shape index (κ2) is 6.21. The number of ether oxygens (including phenoxy) is 1. The van der Waals surface area contributed by atoms with Crippen molar-refractivity contribution in [3.8, 4) is 17.1 Å². The number of methoxy groups -OCH3 is 1. The summed E-state index contributed by atoms with van der Waals surface area (Å²) < 4.78 is 11.6. The molecule has 0 radical (unpaired) electrons. The molecule has 1 fully saturated rings. The summed E-state index contributed by atoms with van der Waals surface area (Å²) in [5.41, 5.74) is 3.19. The molecule has 0 saturated carbocycles. The van der Waals surface area contributed by atoms with Gasteiger partial charge in [0.05, 0.1) is 12.8 Å². The van der Waals surface area contributed by atoms with Crippen LogP contribution in [-0.4, -0.2) is 45.2 Å². The molecule has 3 aromatic rings. The number of likely N-dealkylation sites (N-methyl/N-ethyl adjacent to an activating group) is 1. The molecule has 4 rings (SSSR count). The van der Waals surface area contributed by atoms with Crippen LogP contribution in [0.15, 0.2) is 52.9 Å². The first-order chi connectivity index (χ1) is 11.8. The number of rotatable bonds is 3. The number of fused-ring (bicyclic) bond motifs is 1. The van der Waals surface area contributed by atoms with E-state index in [1.54, 1.807) is 7.11 Å². The molecule has 0 atom stereocenters. The largest absolute Gasteiger partial charge is 0.497 e. The molecule has 1 saturated heterocycles. The van der Waals surface area contributed by atoms with Gasteiger partial charge in [-0.2, -0.15) is 0 Å². The van der Waals surface area contributed by atoms with Crippen molar-refractivity contribution in [2.75, 3.05) is 45.2 Å². The zero-order valence-corrected chi connectivity index (χ0v) is 14.2. The lowest BCUT2D eigenvalue weighted by Gasteiger charge is -2.34. The Morgan fingerprint density at radius 2 is 1.71 bits per heavy atom. The van der Waals surface area contributed by atoms with Crippen LogP contribution in [-0.2, 0) is 0 Å². The highest BCUT2D eigenvalue weighted by molar-refractivity contribution is 6.00. The Bertz CT molecular complexity index is 833. The first kappa shape index (κ1) is 15.1. The lowest BCUT2D eigenvalue weighted by Crippen LogP contribution is -2.44. The van der Waals surface area contributed by atoms with Crippen molar-refractivity contribution < 1.29 is 9.15 Å². The predicted octanol–water partition coefficient (Wildman–Crippen LogP) is 3.86. The molecule has 4 nitrogen and oxygen atoms in total. The summed E-state index contributed by atoms with van der Waals surface area (Å²) in [5.74, 6) is 1.77. The van der Waals surface area contributed by atoms with E-state index in [1.807, 2.05) is 18.2 Å². The number of anilines is 1. The van der Waals surface area contributed by atoms with E-state index < -0.39 is 0 Å². The molecule has 0 spiro atoms. The van der Waals surface area contributed by atoms with Crippen LogP contribution in [0.2, 0.25) is 0 Å². The monoisotopic (exact) mass is 322 g/mol. The van der Waals surface area contributed by atoms with E-state index in [0.717, 1.165) is 54.2 Å². The first-order valence-electron chi connectivity index (χ1n) is 8.36. The van der Waals surface area contributed by atoms with Gasteiger partial charge in [-0.05, 0) is 19.2 Å². The molecule has 24 heavy (non-hydrogen) atoms. The molecule has 1 aromatic heterocycles. The zero-order valence-electron chi connectivity index (χ0n) is 14.2. The van der Waals surface area contributed by atoms with E-state index in [0.29, 0.717) is 0 Å². The minimum atomic E-state index is 0.820. The molecule has 0 aliphatic carbocycles. The molecular formula is C20H22N2O2. The predicted molar refractivity (Wildman–Crippen MR) is 97.9 cm³/mol. The van der Waals surface area contributed by atoms with E-state index in [-0.39, 0.29) is 0 Å². The van der Waals surface area contributed by atoms with Gasteiger partial charge in [0.25, 0.3) is 0 Å². The van der Waals surface area contributed by atoms with Crippen LogP contribution in [0.4, 0.5) is 5.69 Å². The smallest absolute Gasteiger partial charge is 0.158 e. The minimum Gasteiger partial charge on any atom is -0.497 e. The quantitative estimate of drug-likeness (QED) is 0.732. The molecule has 2 heterocycles. The number of furan rings is 1. The van der Waals surface area contributed by atoms with E-state index in [2.05, 4.69) is 47.2 Å². The molecular weight excluding hydrogens is 300 g/mol. The maximum atomic E-state index is 6.27. The number of nitrogens with zero attached hydrogens (tertiary/aromatic N) is 2. The Morgan fingerprint density at radius 3 is 2.42 bits per heavy atom. The van der Waals surface area contributed by atoms with Gasteiger partial charge in [-0.15, -0.1) is 0 Å². The Labute approximate surface area is 142 Å². The van der Waals surface area contributed by atoms with Gasteiger partial charge in [0, 0.05) is 43.2 Å². The topological polar surface area (TPSA) is 28.9 Å². The summed E-state index contributed by atoms with van der Waals surface area (Å²) in [4.78, 5) is 4.81. The number of hydrogen-bond acceptors (Lipinski definition) is 4. The van der Waals surface area contributed by atoms with Crippen molar-refractivity contribution in [3.63, 3.8) is 0 Å². The SMILES string of the molecule is COc1ccc2c(N3CCN(C)CC3)c(-c3ccccc3)oc2c1. The Kier molecular flexibility index (Phi) is 3.90. The lowest BCUT2D eigenvalue weighted by atomic mass is 10.1. The van der Waals surface area contributed by atoms with Crippen LogP contribution in [0.25, 0.3) is 22.3 Å². The van der Waals surface area contributed by atoms with Crippen LogP contribution < -0.4 is 9.64 Å². The molecule has 124 valence electrons. The summed E-state index contributed by atoms with van der Waals surface area (Å²) in [6.45, 7) is 4.15. The average Bonchev–Trinajstić information content (AvgIpc) is 3.01. The van der Waals surface area contributed by atoms with Gasteiger partial charge < -0.3 is 19.0 Å². The minimum absolute atomic E-state index is 0.820. The average molecular weight is 322 g/mol. The van der Waals surface area contributed by atoms with Crippen molar-refractivity contribution in [1.82, 2.24) is 4.90 Å². The fraction of sp³-hybridized carbons (Fsp3) is 0.300. The van der Waals surface area contributed by atoms with Gasteiger partial charge in [-0.3, -0.25) is 0 Å². The maximum absolute atomic E-state index is 6.27. The molecule has 1 aliphatic heterocycles. The van der Waals surface area contributed by atoms with Gasteiger partial charge in [0.1, 0.15) is 11.3 Å². The second-order valence-electron chi connectivity index (χ2n) is 6.30. The zero-order chi connectivity index (χ0) is 16.5. The maximum Gasteiger partial charge on any atom is 0.158 e. The Hall–Kier alpha value is -2.46. The molecule has 0 amide bonds. The molecule has 1 aliphatic rings. The van der Waals surface area contributed by atoms with Crippen molar-refractivity contribution in [3.05, 3.63) is 48.5 Å². The fourth-order valence-electron chi connectivity index (χ4n) is 3.32. The highest BCUT2D eigenvalue weighted by Crippen LogP contribution is 2.41. The van der Waals surface area contributed by atoms with Gasteiger partial charge in [0.2, 0.25) is 0 Å². The third-order valence-corrected chi connectivity index (χ3v) is 4.73. The van der Waals surface area contributed by atoms with Crippen molar-refractivity contribution in [2.45, 2.75) is 0 Å². The van der Waals surface area contributed by atoms with Gasteiger partial charge >= 0.3 is 0 Å². The van der Waals surface area contributed by atoms with Crippen LogP contribution in [0.3, 0.4) is 0 Å². The normalized spacial score (nSPS) is 15.8. The number of hydrogen-bond donors (Lipinski definition) is 0.